The van der Waals surface area contributed by atoms with Crippen LogP contribution in [-0.4, -0.2) is 67.4 Å². The summed E-state index contributed by atoms with van der Waals surface area (Å²) in [5.74, 6) is 0.670. The number of halogens is 3. The van der Waals surface area contributed by atoms with E-state index >= 15 is 0 Å². The highest BCUT2D eigenvalue weighted by Gasteiger charge is 2.30. The van der Waals surface area contributed by atoms with Crippen LogP contribution in [0, 0.1) is 0 Å². The fourth-order valence-corrected chi connectivity index (χ4v) is 3.33. The van der Waals surface area contributed by atoms with Crippen LogP contribution >= 0.6 is 0 Å². The smallest absolute Gasteiger partial charge is 0.416 e. The van der Waals surface area contributed by atoms with Gasteiger partial charge in [0.05, 0.1) is 12.1 Å². The summed E-state index contributed by atoms with van der Waals surface area (Å²) in [7, 11) is 0. The minimum Gasteiger partial charge on any atom is -0.491 e. The van der Waals surface area contributed by atoms with E-state index in [1.54, 1.807) is 0 Å². The number of guanidine groups is 1. The van der Waals surface area contributed by atoms with Gasteiger partial charge in [0.15, 0.2) is 5.96 Å². The first-order valence-electron chi connectivity index (χ1n) is 10.6. The highest BCUT2D eigenvalue weighted by Crippen LogP contribution is 2.31. The molecule has 1 aromatic rings. The predicted octanol–water partition coefficient (Wildman–Crippen LogP) is 3.04. The summed E-state index contributed by atoms with van der Waals surface area (Å²) in [6, 6.07) is 4.89. The molecule has 0 spiro atoms. The third-order valence-corrected chi connectivity index (χ3v) is 4.83. The van der Waals surface area contributed by atoms with Crippen molar-refractivity contribution < 1.29 is 23.0 Å². The van der Waals surface area contributed by atoms with Crippen molar-refractivity contribution in [2.45, 2.75) is 45.0 Å². The maximum atomic E-state index is 12.8. The van der Waals surface area contributed by atoms with Gasteiger partial charge in [-0.25, -0.2) is 0 Å². The van der Waals surface area contributed by atoms with Crippen molar-refractivity contribution in [3.63, 3.8) is 0 Å². The summed E-state index contributed by atoms with van der Waals surface area (Å²) in [6.07, 6.45) is -3.41. The molecule has 1 fully saturated rings. The van der Waals surface area contributed by atoms with Crippen LogP contribution in [0.15, 0.2) is 41.4 Å². The van der Waals surface area contributed by atoms with Crippen LogP contribution in [-0.2, 0) is 6.18 Å². The molecule has 0 aliphatic carbocycles. The second-order valence-corrected chi connectivity index (χ2v) is 7.86. The molecule has 1 heterocycles. The minimum atomic E-state index is -4.44. The lowest BCUT2D eigenvalue weighted by molar-refractivity contribution is -0.137. The zero-order valence-corrected chi connectivity index (χ0v) is 18.2. The normalized spacial score (nSPS) is 17.3. The van der Waals surface area contributed by atoms with Crippen molar-refractivity contribution in [1.82, 2.24) is 15.5 Å². The molecule has 2 rings (SSSR count). The molecular weight excluding hydrogens is 409 g/mol. The number of piperidine rings is 1. The van der Waals surface area contributed by atoms with E-state index in [9.17, 15) is 18.3 Å². The van der Waals surface area contributed by atoms with Gasteiger partial charge in [-0.15, -0.1) is 0 Å². The van der Waals surface area contributed by atoms with Gasteiger partial charge in [0.2, 0.25) is 0 Å². The Morgan fingerprint density at radius 1 is 1.35 bits per heavy atom. The number of likely N-dealkylation sites (tertiary alicyclic amines) is 1. The number of aliphatic hydroxyl groups is 1. The highest BCUT2D eigenvalue weighted by atomic mass is 19.4. The maximum absolute atomic E-state index is 12.8. The lowest BCUT2D eigenvalue weighted by atomic mass is 10.0. The molecule has 174 valence electrons. The number of ether oxygens (including phenoxy) is 1. The van der Waals surface area contributed by atoms with Crippen LogP contribution in [0.2, 0.25) is 0 Å². The molecule has 0 radical (unpaired) electrons. The fraction of sp³-hybridized carbons (Fsp3) is 0.591. The van der Waals surface area contributed by atoms with Crippen molar-refractivity contribution in [3.05, 3.63) is 42.0 Å². The molecule has 31 heavy (non-hydrogen) atoms. The van der Waals surface area contributed by atoms with Gasteiger partial charge in [-0.2, -0.15) is 13.2 Å². The van der Waals surface area contributed by atoms with Gasteiger partial charge in [0.25, 0.3) is 0 Å². The van der Waals surface area contributed by atoms with Crippen LogP contribution in [0.25, 0.3) is 0 Å². The van der Waals surface area contributed by atoms with Crippen LogP contribution in [0.1, 0.15) is 32.3 Å². The summed E-state index contributed by atoms with van der Waals surface area (Å²) in [6.45, 7) is 11.4. The molecule has 0 amide bonds. The summed E-state index contributed by atoms with van der Waals surface area (Å²) >= 11 is 0. The molecule has 0 aromatic heterocycles. The van der Waals surface area contributed by atoms with Crippen LogP contribution < -0.4 is 15.4 Å². The van der Waals surface area contributed by atoms with E-state index in [4.69, 9.17) is 4.74 Å². The Hall–Kier alpha value is -2.26. The SMILES string of the molecule is C=C(C)CN1CCC(NC(=NCC(O)COc2cccc(C(F)(F)F)c2)NCC)CC1. The Balaban J connectivity index is 1.81. The summed E-state index contributed by atoms with van der Waals surface area (Å²) in [5.41, 5.74) is 0.369. The average Bonchev–Trinajstić information content (AvgIpc) is 2.71. The summed E-state index contributed by atoms with van der Waals surface area (Å²) < 4.78 is 43.6. The third-order valence-electron chi connectivity index (χ3n) is 4.83. The number of hydrogen-bond acceptors (Lipinski definition) is 4. The molecule has 1 unspecified atom stereocenters. The molecule has 1 aliphatic rings. The zero-order chi connectivity index (χ0) is 22.9. The number of aliphatic hydroxyl groups excluding tert-OH is 1. The molecule has 9 heteroatoms. The summed E-state index contributed by atoms with van der Waals surface area (Å²) in [5, 5.41) is 16.7. The monoisotopic (exact) mass is 442 g/mol. The molecule has 0 saturated carbocycles. The van der Waals surface area contributed by atoms with Gasteiger partial charge in [-0.05, 0) is 44.9 Å². The van der Waals surface area contributed by atoms with E-state index in [1.165, 1.54) is 12.1 Å². The Kier molecular flexibility index (Phi) is 9.64. The number of benzene rings is 1. The average molecular weight is 443 g/mol. The highest BCUT2D eigenvalue weighted by molar-refractivity contribution is 5.80. The number of rotatable bonds is 9. The first kappa shape index (κ1) is 25.0. The Morgan fingerprint density at radius 2 is 2.06 bits per heavy atom. The number of nitrogens with zero attached hydrogens (tertiary/aromatic N) is 2. The molecular formula is C22H33F3N4O2. The van der Waals surface area contributed by atoms with Gasteiger partial charge >= 0.3 is 6.18 Å². The second-order valence-electron chi connectivity index (χ2n) is 7.86. The number of hydrogen-bond donors (Lipinski definition) is 3. The second kappa shape index (κ2) is 12.0. The molecule has 6 nitrogen and oxygen atoms in total. The van der Waals surface area contributed by atoms with Crippen molar-refractivity contribution in [1.29, 1.82) is 0 Å². The molecule has 0 bridgehead atoms. The van der Waals surface area contributed by atoms with E-state index in [0.717, 1.165) is 50.2 Å². The quantitative estimate of drug-likeness (QED) is 0.312. The van der Waals surface area contributed by atoms with Gasteiger partial charge < -0.3 is 20.5 Å². The van der Waals surface area contributed by atoms with Crippen molar-refractivity contribution in [2.75, 3.05) is 39.3 Å². The van der Waals surface area contributed by atoms with Gasteiger partial charge in [-0.3, -0.25) is 9.89 Å². The molecule has 1 saturated heterocycles. The lowest BCUT2D eigenvalue weighted by Gasteiger charge is -2.33. The standard InChI is InChI=1S/C22H33F3N4O2/c1-4-26-21(28-18-8-10-29(11-9-18)14-16(2)3)27-13-19(30)15-31-20-7-5-6-17(12-20)22(23,24)25/h5-7,12,18-19,30H,2,4,8-11,13-15H2,1,3H3,(H2,26,27,28). The Bertz CT molecular complexity index is 732. The molecule has 1 aliphatic heterocycles. The number of alkyl halides is 3. The first-order valence-corrected chi connectivity index (χ1v) is 10.6. The van der Waals surface area contributed by atoms with Crippen molar-refractivity contribution in [3.8, 4) is 5.75 Å². The van der Waals surface area contributed by atoms with E-state index in [2.05, 4.69) is 27.1 Å². The van der Waals surface area contributed by atoms with Crippen molar-refractivity contribution in [2.24, 2.45) is 4.99 Å². The maximum Gasteiger partial charge on any atom is 0.416 e. The Labute approximate surface area is 182 Å². The molecule has 1 atom stereocenters. The number of aliphatic imine (C=N–C) groups is 1. The van der Waals surface area contributed by atoms with Gasteiger partial charge in [0, 0.05) is 32.2 Å². The minimum absolute atomic E-state index is 0.0596. The van der Waals surface area contributed by atoms with Crippen LogP contribution in [0.4, 0.5) is 13.2 Å². The number of nitrogens with one attached hydrogen (secondary N) is 2. The van der Waals surface area contributed by atoms with E-state index < -0.39 is 17.8 Å². The molecule has 1 aromatic carbocycles. The van der Waals surface area contributed by atoms with Gasteiger partial charge in [0.1, 0.15) is 18.5 Å². The van der Waals surface area contributed by atoms with E-state index in [1.807, 2.05) is 13.8 Å². The fourth-order valence-electron chi connectivity index (χ4n) is 3.33. The van der Waals surface area contributed by atoms with E-state index in [0.29, 0.717) is 12.5 Å². The third kappa shape index (κ3) is 9.18. The van der Waals surface area contributed by atoms with Gasteiger partial charge in [-0.1, -0.05) is 18.2 Å². The molecule has 3 N–H and O–H groups in total. The van der Waals surface area contributed by atoms with Crippen LogP contribution in [0.3, 0.4) is 0 Å². The largest absolute Gasteiger partial charge is 0.491 e. The predicted molar refractivity (Wildman–Crippen MR) is 116 cm³/mol. The van der Waals surface area contributed by atoms with Crippen LogP contribution in [0.5, 0.6) is 5.75 Å². The Morgan fingerprint density at radius 3 is 2.68 bits per heavy atom. The zero-order valence-electron chi connectivity index (χ0n) is 18.2. The topological polar surface area (TPSA) is 69.1 Å². The first-order chi connectivity index (χ1) is 14.7. The van der Waals surface area contributed by atoms with Crippen molar-refractivity contribution >= 4 is 5.96 Å². The summed E-state index contributed by atoms with van der Waals surface area (Å²) in [4.78, 5) is 6.78. The lowest BCUT2D eigenvalue weighted by Crippen LogP contribution is -2.49. The van der Waals surface area contributed by atoms with E-state index in [-0.39, 0.29) is 24.9 Å².